The van der Waals surface area contributed by atoms with Crippen molar-refractivity contribution in [1.29, 1.82) is 0 Å². The Bertz CT molecular complexity index is 435. The predicted octanol–water partition coefficient (Wildman–Crippen LogP) is 4.86. The van der Waals surface area contributed by atoms with Gasteiger partial charge in [0.15, 0.2) is 0 Å². The van der Waals surface area contributed by atoms with Gasteiger partial charge in [-0.15, -0.1) is 0 Å². The molecule has 0 saturated carbocycles. The van der Waals surface area contributed by atoms with Crippen LogP contribution in [0.15, 0.2) is 24.3 Å². The van der Waals surface area contributed by atoms with Gasteiger partial charge in [0.1, 0.15) is 5.82 Å². The van der Waals surface area contributed by atoms with E-state index in [9.17, 15) is 4.39 Å². The van der Waals surface area contributed by atoms with Gasteiger partial charge >= 0.3 is 0 Å². The largest absolute Gasteiger partial charge is 0.207 e. The number of hydrogen-bond donors (Lipinski definition) is 0. The quantitative estimate of drug-likeness (QED) is 0.647. The van der Waals surface area contributed by atoms with Gasteiger partial charge in [-0.05, 0) is 53.0 Å². The molecule has 0 atom stereocenters. The highest BCUT2D eigenvalue weighted by Crippen LogP contribution is 2.46. The number of halogens is 1. The molecule has 91 valence electrons. The molecule has 1 aliphatic rings. The third-order valence-electron chi connectivity index (χ3n) is 3.26. The van der Waals surface area contributed by atoms with E-state index in [0.717, 1.165) is 18.4 Å². The van der Waals surface area contributed by atoms with Gasteiger partial charge in [-0.25, -0.2) is 4.39 Å². The molecule has 1 aliphatic carbocycles. The van der Waals surface area contributed by atoms with Gasteiger partial charge < -0.3 is 0 Å². The molecule has 17 heavy (non-hydrogen) atoms. The van der Waals surface area contributed by atoms with E-state index in [1.54, 1.807) is 0 Å². The summed E-state index contributed by atoms with van der Waals surface area (Å²) < 4.78 is 12.9. The fourth-order valence-electron chi connectivity index (χ4n) is 3.06. The van der Waals surface area contributed by atoms with Crippen LogP contribution in [-0.2, 0) is 0 Å². The third kappa shape index (κ3) is 2.96. The molecule has 0 bridgehead atoms. The van der Waals surface area contributed by atoms with Gasteiger partial charge in [-0.2, -0.15) is 0 Å². The van der Waals surface area contributed by atoms with E-state index in [-0.39, 0.29) is 11.2 Å². The Morgan fingerprint density at radius 1 is 1.06 bits per heavy atom. The Morgan fingerprint density at radius 3 is 2.18 bits per heavy atom. The molecule has 0 unspecified atom stereocenters. The van der Waals surface area contributed by atoms with Crippen molar-refractivity contribution < 1.29 is 4.39 Å². The number of hydrogen-bond acceptors (Lipinski definition) is 0. The molecule has 0 spiro atoms. The molecular formula is C16H20F. The average Bonchev–Trinajstić information content (AvgIpc) is 2.13. The van der Waals surface area contributed by atoms with Crippen LogP contribution in [0, 0.1) is 22.7 Å². The van der Waals surface area contributed by atoms with Crippen LogP contribution in [0.4, 0.5) is 4.39 Å². The maximum Gasteiger partial charge on any atom is 0.123 e. The monoisotopic (exact) mass is 231 g/mol. The second kappa shape index (κ2) is 3.97. The SMILES string of the molecule is CC1(C)[C]=C(c2ccc(F)cc2)CC(C)(C)C1. The minimum Gasteiger partial charge on any atom is -0.207 e. The Labute approximate surface area is 104 Å². The Balaban J connectivity index is 2.38. The summed E-state index contributed by atoms with van der Waals surface area (Å²) in [6.45, 7) is 9.02. The highest BCUT2D eigenvalue weighted by Gasteiger charge is 2.33. The third-order valence-corrected chi connectivity index (χ3v) is 3.26. The van der Waals surface area contributed by atoms with Crippen LogP contribution < -0.4 is 0 Å². The lowest BCUT2D eigenvalue weighted by Gasteiger charge is -2.39. The van der Waals surface area contributed by atoms with Crippen molar-refractivity contribution in [2.45, 2.75) is 40.5 Å². The van der Waals surface area contributed by atoms with Crippen molar-refractivity contribution in [1.82, 2.24) is 0 Å². The van der Waals surface area contributed by atoms with E-state index in [1.807, 2.05) is 12.1 Å². The molecule has 1 aromatic rings. The Kier molecular flexibility index (Phi) is 2.89. The van der Waals surface area contributed by atoms with E-state index in [2.05, 4.69) is 33.8 Å². The molecule has 0 aromatic heterocycles. The summed E-state index contributed by atoms with van der Waals surface area (Å²) in [5, 5.41) is 0. The van der Waals surface area contributed by atoms with Crippen LogP contribution in [-0.4, -0.2) is 0 Å². The number of rotatable bonds is 1. The second-order valence-corrected chi connectivity index (χ2v) is 6.51. The summed E-state index contributed by atoms with van der Waals surface area (Å²) in [5.74, 6) is -0.177. The summed E-state index contributed by atoms with van der Waals surface area (Å²) in [7, 11) is 0. The van der Waals surface area contributed by atoms with Crippen LogP contribution in [0.2, 0.25) is 0 Å². The lowest BCUT2D eigenvalue weighted by molar-refractivity contribution is 0.221. The molecule has 2 rings (SSSR count). The normalized spacial score (nSPS) is 22.1. The Hall–Kier alpha value is -1.11. The molecular weight excluding hydrogens is 211 g/mol. The number of benzene rings is 1. The Morgan fingerprint density at radius 2 is 1.65 bits per heavy atom. The van der Waals surface area contributed by atoms with E-state index >= 15 is 0 Å². The summed E-state index contributed by atoms with van der Waals surface area (Å²) >= 11 is 0. The highest BCUT2D eigenvalue weighted by molar-refractivity contribution is 5.65. The summed E-state index contributed by atoms with van der Waals surface area (Å²) in [4.78, 5) is 0. The van der Waals surface area contributed by atoms with Crippen molar-refractivity contribution in [3.63, 3.8) is 0 Å². The molecule has 0 saturated heterocycles. The smallest absolute Gasteiger partial charge is 0.123 e. The van der Waals surface area contributed by atoms with Crippen molar-refractivity contribution in [3.05, 3.63) is 41.7 Å². The zero-order valence-corrected chi connectivity index (χ0v) is 11.1. The topological polar surface area (TPSA) is 0 Å². The van der Waals surface area contributed by atoms with Crippen LogP contribution in [0.3, 0.4) is 0 Å². The lowest BCUT2D eigenvalue weighted by Crippen LogP contribution is -2.27. The summed E-state index contributed by atoms with van der Waals surface area (Å²) in [5.41, 5.74) is 2.72. The molecule has 0 nitrogen and oxygen atoms in total. The fourth-order valence-corrected chi connectivity index (χ4v) is 3.06. The summed E-state index contributed by atoms with van der Waals surface area (Å²) in [6.07, 6.45) is 5.74. The minimum absolute atomic E-state index is 0.103. The highest BCUT2D eigenvalue weighted by atomic mass is 19.1. The van der Waals surface area contributed by atoms with Gasteiger partial charge in [0.05, 0.1) is 0 Å². The minimum atomic E-state index is -0.177. The molecule has 0 amide bonds. The molecule has 1 heteroatoms. The first kappa shape index (κ1) is 12.3. The average molecular weight is 231 g/mol. The second-order valence-electron chi connectivity index (χ2n) is 6.51. The maximum atomic E-state index is 12.9. The van der Waals surface area contributed by atoms with Gasteiger partial charge in [0.2, 0.25) is 0 Å². The zero-order valence-electron chi connectivity index (χ0n) is 11.1. The van der Waals surface area contributed by atoms with E-state index in [0.29, 0.717) is 5.41 Å². The lowest BCUT2D eigenvalue weighted by atomic mass is 9.66. The van der Waals surface area contributed by atoms with Crippen molar-refractivity contribution in [2.75, 3.05) is 0 Å². The molecule has 0 heterocycles. The molecule has 0 N–H and O–H groups in total. The zero-order chi connectivity index (χ0) is 12.7. The van der Waals surface area contributed by atoms with Crippen molar-refractivity contribution in [3.8, 4) is 0 Å². The van der Waals surface area contributed by atoms with E-state index in [4.69, 9.17) is 0 Å². The van der Waals surface area contributed by atoms with Crippen molar-refractivity contribution in [2.24, 2.45) is 10.8 Å². The van der Waals surface area contributed by atoms with Crippen LogP contribution in [0.25, 0.3) is 5.57 Å². The fraction of sp³-hybridized carbons (Fsp3) is 0.500. The summed E-state index contributed by atoms with van der Waals surface area (Å²) in [6, 6.07) is 6.77. The predicted molar refractivity (Wildman–Crippen MR) is 69.8 cm³/mol. The van der Waals surface area contributed by atoms with E-state index in [1.165, 1.54) is 17.7 Å². The molecule has 0 fully saturated rings. The molecule has 0 aliphatic heterocycles. The van der Waals surface area contributed by atoms with E-state index < -0.39 is 0 Å². The van der Waals surface area contributed by atoms with Crippen LogP contribution >= 0.6 is 0 Å². The maximum absolute atomic E-state index is 12.9. The first-order valence-electron chi connectivity index (χ1n) is 6.17. The van der Waals surface area contributed by atoms with Gasteiger partial charge in [0.25, 0.3) is 0 Å². The van der Waals surface area contributed by atoms with Crippen LogP contribution in [0.5, 0.6) is 0 Å². The number of allylic oxidation sites excluding steroid dienone is 2. The van der Waals surface area contributed by atoms with Crippen LogP contribution in [0.1, 0.15) is 46.1 Å². The van der Waals surface area contributed by atoms with Gasteiger partial charge in [-0.1, -0.05) is 39.8 Å². The molecule has 1 radical (unpaired) electrons. The van der Waals surface area contributed by atoms with Gasteiger partial charge in [-0.3, -0.25) is 0 Å². The first-order chi connectivity index (χ1) is 7.77. The van der Waals surface area contributed by atoms with Gasteiger partial charge in [0, 0.05) is 0 Å². The van der Waals surface area contributed by atoms with Crippen molar-refractivity contribution >= 4 is 5.57 Å². The molecule has 1 aromatic carbocycles. The standard InChI is InChI=1S/C16H20F/c1-15(2)9-13(10-16(3,4)11-15)12-5-7-14(17)8-6-12/h5-8H,9,11H2,1-4H3. The first-order valence-corrected chi connectivity index (χ1v) is 6.17.